The Bertz CT molecular complexity index is 686. The number of rotatable bonds is 12. The Morgan fingerprint density at radius 2 is 1.52 bits per heavy atom. The quantitative estimate of drug-likeness (QED) is 0.511. The Labute approximate surface area is 162 Å². The second kappa shape index (κ2) is 11.8. The van der Waals surface area contributed by atoms with Crippen molar-refractivity contribution in [2.45, 2.75) is 39.5 Å². The Hall–Kier alpha value is -2.69. The molecule has 0 fully saturated rings. The van der Waals surface area contributed by atoms with Crippen LogP contribution in [0.4, 0.5) is 11.4 Å². The Kier molecular flexibility index (Phi) is 9.04. The first-order chi connectivity index (χ1) is 13.2. The number of carbonyl (C=O) groups is 1. The zero-order valence-corrected chi connectivity index (χ0v) is 16.3. The van der Waals surface area contributed by atoms with Gasteiger partial charge in [-0.25, -0.2) is 0 Å². The van der Waals surface area contributed by atoms with Crippen molar-refractivity contribution in [1.29, 1.82) is 0 Å². The lowest BCUT2D eigenvalue weighted by Gasteiger charge is -2.11. The number of hydrogen-bond acceptors (Lipinski definition) is 4. The molecule has 0 aromatic heterocycles. The summed E-state index contributed by atoms with van der Waals surface area (Å²) in [5, 5.41) is 6.00. The molecule has 2 rings (SSSR count). The maximum atomic E-state index is 12.2. The molecule has 0 aliphatic rings. The van der Waals surface area contributed by atoms with E-state index in [0.29, 0.717) is 6.61 Å². The molecule has 2 N–H and O–H groups in total. The highest BCUT2D eigenvalue weighted by molar-refractivity contribution is 5.93. The Morgan fingerprint density at radius 1 is 0.852 bits per heavy atom. The zero-order chi connectivity index (χ0) is 19.3. The zero-order valence-electron chi connectivity index (χ0n) is 16.3. The van der Waals surface area contributed by atoms with Gasteiger partial charge in [-0.1, -0.05) is 32.8 Å². The topological polar surface area (TPSA) is 59.6 Å². The molecule has 0 spiro atoms. The third-order valence-corrected chi connectivity index (χ3v) is 3.96. The fraction of sp³-hybridized carbons (Fsp3) is 0.409. The van der Waals surface area contributed by atoms with Crippen LogP contribution >= 0.6 is 0 Å². The number of benzene rings is 2. The number of unbranched alkanes of at least 4 members (excludes halogenated alkanes) is 2. The number of hydrogen-bond donors (Lipinski definition) is 2. The number of nitrogens with one attached hydrogen (secondary N) is 2. The van der Waals surface area contributed by atoms with E-state index in [9.17, 15) is 4.79 Å². The van der Waals surface area contributed by atoms with Crippen LogP contribution in [0.25, 0.3) is 0 Å². The Balaban J connectivity index is 1.76. The second-order valence-corrected chi connectivity index (χ2v) is 6.36. The SMILES string of the molecule is CCCCOc1ccc(NCC(=O)Nc2cccc(OCCCC)c2)cc1. The minimum absolute atomic E-state index is 0.107. The molecule has 0 radical (unpaired) electrons. The van der Waals surface area contributed by atoms with Crippen LogP contribution in [0.3, 0.4) is 0 Å². The van der Waals surface area contributed by atoms with Crippen LogP contribution in [0.5, 0.6) is 11.5 Å². The first-order valence-electron chi connectivity index (χ1n) is 9.70. The van der Waals surface area contributed by atoms with Gasteiger partial charge in [-0.15, -0.1) is 0 Å². The minimum Gasteiger partial charge on any atom is -0.494 e. The van der Waals surface area contributed by atoms with E-state index in [-0.39, 0.29) is 12.5 Å². The van der Waals surface area contributed by atoms with Crippen molar-refractivity contribution < 1.29 is 14.3 Å². The van der Waals surface area contributed by atoms with Crippen LogP contribution in [0.2, 0.25) is 0 Å². The van der Waals surface area contributed by atoms with Crippen molar-refractivity contribution in [3.05, 3.63) is 48.5 Å². The standard InChI is InChI=1S/C22H30N2O3/c1-3-5-14-26-20-12-10-18(11-13-20)23-17-22(25)24-19-8-7-9-21(16-19)27-15-6-4-2/h7-13,16,23H,3-6,14-15,17H2,1-2H3,(H,24,25). The summed E-state index contributed by atoms with van der Waals surface area (Å²) in [5.41, 5.74) is 1.61. The smallest absolute Gasteiger partial charge is 0.243 e. The van der Waals surface area contributed by atoms with E-state index in [1.807, 2.05) is 48.5 Å². The molecule has 1 amide bonds. The lowest BCUT2D eigenvalue weighted by Crippen LogP contribution is -2.21. The van der Waals surface area contributed by atoms with Gasteiger partial charge in [0.1, 0.15) is 11.5 Å². The van der Waals surface area contributed by atoms with Crippen molar-refractivity contribution in [2.24, 2.45) is 0 Å². The van der Waals surface area contributed by atoms with Gasteiger partial charge in [-0.05, 0) is 49.2 Å². The number of carbonyl (C=O) groups excluding carboxylic acids is 1. The third-order valence-electron chi connectivity index (χ3n) is 3.96. The molecule has 0 aliphatic carbocycles. The van der Waals surface area contributed by atoms with Crippen LogP contribution in [0.15, 0.2) is 48.5 Å². The predicted octanol–water partition coefficient (Wildman–Crippen LogP) is 5.10. The lowest BCUT2D eigenvalue weighted by molar-refractivity contribution is -0.114. The van der Waals surface area contributed by atoms with Gasteiger partial charge in [0.2, 0.25) is 5.91 Å². The van der Waals surface area contributed by atoms with E-state index < -0.39 is 0 Å². The fourth-order valence-electron chi connectivity index (χ4n) is 2.39. The van der Waals surface area contributed by atoms with Crippen LogP contribution in [0.1, 0.15) is 39.5 Å². The average Bonchev–Trinajstić information content (AvgIpc) is 2.68. The van der Waals surface area contributed by atoms with E-state index >= 15 is 0 Å². The molecule has 27 heavy (non-hydrogen) atoms. The molecule has 5 nitrogen and oxygen atoms in total. The summed E-state index contributed by atoms with van der Waals surface area (Å²) in [6, 6.07) is 15.1. The lowest BCUT2D eigenvalue weighted by atomic mass is 10.3. The molecule has 0 atom stereocenters. The van der Waals surface area contributed by atoms with Gasteiger partial charge in [-0.2, -0.15) is 0 Å². The van der Waals surface area contributed by atoms with E-state index in [0.717, 1.165) is 55.2 Å². The average molecular weight is 370 g/mol. The van der Waals surface area contributed by atoms with Crippen molar-refractivity contribution in [1.82, 2.24) is 0 Å². The normalized spacial score (nSPS) is 10.3. The third kappa shape index (κ3) is 8.03. The minimum atomic E-state index is -0.107. The van der Waals surface area contributed by atoms with Crippen molar-refractivity contribution in [2.75, 3.05) is 30.4 Å². The molecule has 0 bridgehead atoms. The largest absolute Gasteiger partial charge is 0.494 e. The van der Waals surface area contributed by atoms with Crippen LogP contribution in [-0.4, -0.2) is 25.7 Å². The first-order valence-corrected chi connectivity index (χ1v) is 9.70. The summed E-state index contributed by atoms with van der Waals surface area (Å²) in [7, 11) is 0. The fourth-order valence-corrected chi connectivity index (χ4v) is 2.39. The maximum Gasteiger partial charge on any atom is 0.243 e. The molecule has 0 aliphatic heterocycles. The summed E-state index contributed by atoms with van der Waals surface area (Å²) < 4.78 is 11.3. The molecule has 5 heteroatoms. The summed E-state index contributed by atoms with van der Waals surface area (Å²) in [5.74, 6) is 1.51. The molecule has 2 aromatic rings. The monoisotopic (exact) mass is 370 g/mol. The summed E-state index contributed by atoms with van der Waals surface area (Å²) in [4.78, 5) is 12.2. The molecular weight excluding hydrogens is 340 g/mol. The van der Waals surface area contributed by atoms with Gasteiger partial charge in [0.25, 0.3) is 0 Å². The van der Waals surface area contributed by atoms with E-state index in [2.05, 4.69) is 24.5 Å². The van der Waals surface area contributed by atoms with Crippen LogP contribution in [-0.2, 0) is 4.79 Å². The van der Waals surface area contributed by atoms with Gasteiger partial charge in [0.15, 0.2) is 0 Å². The molecule has 0 heterocycles. The van der Waals surface area contributed by atoms with Crippen molar-refractivity contribution in [3.63, 3.8) is 0 Å². The molecule has 0 saturated heterocycles. The molecule has 0 unspecified atom stereocenters. The highest BCUT2D eigenvalue weighted by Gasteiger charge is 2.04. The van der Waals surface area contributed by atoms with Gasteiger partial charge < -0.3 is 20.1 Å². The van der Waals surface area contributed by atoms with E-state index in [4.69, 9.17) is 9.47 Å². The number of amides is 1. The van der Waals surface area contributed by atoms with Gasteiger partial charge in [0.05, 0.1) is 19.8 Å². The van der Waals surface area contributed by atoms with Gasteiger partial charge in [-0.3, -0.25) is 4.79 Å². The molecule has 146 valence electrons. The number of anilines is 2. The molecule has 2 aromatic carbocycles. The second-order valence-electron chi connectivity index (χ2n) is 6.36. The van der Waals surface area contributed by atoms with E-state index in [1.54, 1.807) is 0 Å². The van der Waals surface area contributed by atoms with Crippen molar-refractivity contribution in [3.8, 4) is 11.5 Å². The summed E-state index contributed by atoms with van der Waals surface area (Å²) in [6.45, 7) is 5.87. The Morgan fingerprint density at radius 3 is 2.19 bits per heavy atom. The molecule has 0 saturated carbocycles. The maximum absolute atomic E-state index is 12.2. The van der Waals surface area contributed by atoms with Crippen molar-refractivity contribution >= 4 is 17.3 Å². The first kappa shape index (κ1) is 20.6. The summed E-state index contributed by atoms with van der Waals surface area (Å²) in [6.07, 6.45) is 4.27. The van der Waals surface area contributed by atoms with Crippen LogP contribution in [0, 0.1) is 0 Å². The number of ether oxygens (including phenoxy) is 2. The summed E-state index contributed by atoms with van der Waals surface area (Å²) >= 11 is 0. The predicted molar refractivity (Wildman–Crippen MR) is 111 cm³/mol. The van der Waals surface area contributed by atoms with Gasteiger partial charge in [0, 0.05) is 17.4 Å². The molecular formula is C22H30N2O3. The van der Waals surface area contributed by atoms with E-state index in [1.165, 1.54) is 0 Å². The highest BCUT2D eigenvalue weighted by atomic mass is 16.5. The highest BCUT2D eigenvalue weighted by Crippen LogP contribution is 2.18. The van der Waals surface area contributed by atoms with Gasteiger partial charge >= 0.3 is 0 Å². The van der Waals surface area contributed by atoms with Crippen LogP contribution < -0.4 is 20.1 Å².